The second-order valence-electron chi connectivity index (χ2n) is 6.53. The maximum Gasteiger partial charge on any atom is 0.333 e. The minimum absolute atomic E-state index is 0.0699. The Kier molecular flexibility index (Phi) is 7.46. The van der Waals surface area contributed by atoms with Crippen LogP contribution in [0.25, 0.3) is 0 Å². The van der Waals surface area contributed by atoms with E-state index in [-0.39, 0.29) is 11.8 Å². The fraction of sp³-hybridized carbons (Fsp3) is 0.0909. The van der Waals surface area contributed by atoms with E-state index in [1.165, 1.54) is 0 Å². The van der Waals surface area contributed by atoms with Crippen LogP contribution in [0.1, 0.15) is 28.4 Å². The first-order valence-electron chi connectivity index (χ1n) is 9.13. The molecule has 30 heavy (non-hydrogen) atoms. The molecular weight excluding hydrogens is 468 g/mol. The van der Waals surface area contributed by atoms with E-state index in [2.05, 4.69) is 26.6 Å². The zero-order valence-corrected chi connectivity index (χ0v) is 18.2. The minimum atomic E-state index is -0.461. The van der Waals surface area contributed by atoms with Crippen LogP contribution in [0.3, 0.4) is 0 Å². The molecule has 0 fully saturated rings. The summed E-state index contributed by atoms with van der Waals surface area (Å²) in [5.41, 5.74) is 5.46. The normalized spacial score (nSPS) is 14.5. The van der Waals surface area contributed by atoms with Gasteiger partial charge in [-0.25, -0.2) is 10.6 Å². The Balaban J connectivity index is 0.000000187. The number of halogens is 2. The molecule has 0 bridgehead atoms. The van der Waals surface area contributed by atoms with E-state index in [4.69, 9.17) is 17.4 Å². The van der Waals surface area contributed by atoms with E-state index in [0.717, 1.165) is 21.3 Å². The number of nitrogens with one attached hydrogen (secondary N) is 3. The maximum absolute atomic E-state index is 12.1. The number of carbonyl (C=O) groups is 2. The third-order valence-corrected chi connectivity index (χ3v) is 5.23. The van der Waals surface area contributed by atoms with Crippen LogP contribution in [-0.2, 0) is 0 Å². The van der Waals surface area contributed by atoms with Crippen LogP contribution in [0, 0.1) is 0 Å². The molecule has 3 aromatic rings. The van der Waals surface area contributed by atoms with Gasteiger partial charge in [0.1, 0.15) is 0 Å². The van der Waals surface area contributed by atoms with E-state index < -0.39 is 6.03 Å². The molecule has 2 amide bonds. The quantitative estimate of drug-likeness (QED) is 0.217. The van der Waals surface area contributed by atoms with Crippen molar-refractivity contribution in [2.45, 2.75) is 12.5 Å². The van der Waals surface area contributed by atoms with Crippen LogP contribution in [0.5, 0.6) is 0 Å². The van der Waals surface area contributed by atoms with E-state index in [1.54, 1.807) is 24.3 Å². The summed E-state index contributed by atoms with van der Waals surface area (Å²) in [6.07, 6.45) is 0.513. The van der Waals surface area contributed by atoms with Gasteiger partial charge in [-0.05, 0) is 54.1 Å². The summed E-state index contributed by atoms with van der Waals surface area (Å²) in [6, 6.07) is 22.1. The first-order chi connectivity index (χ1) is 14.5. The Morgan fingerprint density at radius 2 is 1.70 bits per heavy atom. The second-order valence-corrected chi connectivity index (χ2v) is 7.88. The number of hydrogen-bond donors (Lipinski definition) is 4. The molecule has 1 unspecified atom stereocenters. The highest BCUT2D eigenvalue weighted by molar-refractivity contribution is 9.10. The fourth-order valence-corrected chi connectivity index (χ4v) is 3.37. The van der Waals surface area contributed by atoms with Gasteiger partial charge in [0, 0.05) is 32.9 Å². The first-order valence-corrected chi connectivity index (χ1v) is 10.3. The second kappa shape index (κ2) is 10.2. The van der Waals surface area contributed by atoms with Gasteiger partial charge in [0.05, 0.1) is 6.04 Å². The lowest BCUT2D eigenvalue weighted by Gasteiger charge is -2.26. The van der Waals surface area contributed by atoms with Crippen LogP contribution >= 0.6 is 27.5 Å². The summed E-state index contributed by atoms with van der Waals surface area (Å²) < 4.78 is 1.05. The molecule has 1 heterocycles. The van der Waals surface area contributed by atoms with Crippen molar-refractivity contribution in [1.82, 2.24) is 5.43 Å². The molecule has 0 aromatic heterocycles. The predicted molar refractivity (Wildman–Crippen MR) is 124 cm³/mol. The van der Waals surface area contributed by atoms with Crippen LogP contribution in [-0.4, -0.2) is 11.8 Å². The number of para-hydroxylation sites is 1. The summed E-state index contributed by atoms with van der Waals surface area (Å²) in [5, 5.41) is 6.53. The molecule has 0 aliphatic carbocycles. The number of hydrogen-bond acceptors (Lipinski definition) is 4. The van der Waals surface area contributed by atoms with Crippen molar-refractivity contribution in [1.29, 1.82) is 0 Å². The summed E-state index contributed by atoms with van der Waals surface area (Å²) in [7, 11) is 0. The number of ketones is 1. The minimum Gasteiger partial charge on any atom is -0.377 e. The summed E-state index contributed by atoms with van der Waals surface area (Å²) >= 11 is 9.05. The highest BCUT2D eigenvalue weighted by Gasteiger charge is 2.24. The monoisotopic (exact) mass is 486 g/mol. The van der Waals surface area contributed by atoms with Gasteiger partial charge in [-0.15, -0.1) is 0 Å². The number of benzene rings is 3. The van der Waals surface area contributed by atoms with Crippen molar-refractivity contribution in [3.05, 3.63) is 93.4 Å². The predicted octanol–water partition coefficient (Wildman–Crippen LogP) is 5.52. The number of rotatable bonds is 2. The van der Waals surface area contributed by atoms with Crippen molar-refractivity contribution < 1.29 is 9.59 Å². The summed E-state index contributed by atoms with van der Waals surface area (Å²) in [5.74, 6) is 5.07. The first kappa shape index (κ1) is 21.8. The van der Waals surface area contributed by atoms with Crippen LogP contribution in [0.2, 0.25) is 5.02 Å². The van der Waals surface area contributed by atoms with Gasteiger partial charge in [-0.1, -0.05) is 51.8 Å². The fourth-order valence-electron chi connectivity index (χ4n) is 2.98. The summed E-state index contributed by atoms with van der Waals surface area (Å²) in [4.78, 5) is 22.8. The molecule has 4 rings (SSSR count). The van der Waals surface area contributed by atoms with Gasteiger partial charge >= 0.3 is 6.03 Å². The highest BCUT2D eigenvalue weighted by Crippen LogP contribution is 2.32. The zero-order valence-electron chi connectivity index (χ0n) is 15.9. The zero-order chi connectivity index (χ0) is 21.5. The number of Topliss-reactive ketones (excluding diaryl/α,β-unsaturated/α-hetero) is 1. The Hall–Kier alpha value is -2.87. The van der Waals surface area contributed by atoms with Gasteiger partial charge in [-0.3, -0.25) is 10.2 Å². The van der Waals surface area contributed by atoms with E-state index in [9.17, 15) is 9.59 Å². The average molecular weight is 488 g/mol. The molecule has 0 radical (unpaired) electrons. The van der Waals surface area contributed by atoms with Crippen molar-refractivity contribution in [3.8, 4) is 0 Å². The molecule has 8 heteroatoms. The number of fused-ring (bicyclic) bond motifs is 1. The number of amides is 2. The molecule has 6 nitrogen and oxygen atoms in total. The third-order valence-electron chi connectivity index (χ3n) is 4.45. The SMILES string of the molecule is NNC(=O)Nc1ccc(Cl)cc1.O=C1CC(c2ccc(Br)cc2)Nc2ccccc21. The van der Waals surface area contributed by atoms with Crippen molar-refractivity contribution in [2.24, 2.45) is 5.84 Å². The van der Waals surface area contributed by atoms with E-state index in [1.807, 2.05) is 54.0 Å². The van der Waals surface area contributed by atoms with Gasteiger partial charge < -0.3 is 10.6 Å². The lowest BCUT2D eigenvalue weighted by atomic mass is 9.92. The Morgan fingerprint density at radius 3 is 2.37 bits per heavy atom. The van der Waals surface area contributed by atoms with E-state index in [0.29, 0.717) is 17.1 Å². The number of anilines is 2. The lowest BCUT2D eigenvalue weighted by Crippen LogP contribution is -2.34. The molecular formula is C22H20BrClN4O2. The molecule has 1 atom stereocenters. The Morgan fingerprint density at radius 1 is 1.03 bits per heavy atom. The number of nitrogens with two attached hydrogens (primary N) is 1. The van der Waals surface area contributed by atoms with E-state index >= 15 is 0 Å². The molecule has 1 aliphatic rings. The topological polar surface area (TPSA) is 96.2 Å². The van der Waals surface area contributed by atoms with Gasteiger partial charge in [-0.2, -0.15) is 0 Å². The Bertz CT molecular complexity index is 1030. The molecule has 154 valence electrons. The molecule has 3 aromatic carbocycles. The van der Waals surface area contributed by atoms with Crippen LogP contribution in [0.15, 0.2) is 77.3 Å². The van der Waals surface area contributed by atoms with Gasteiger partial charge in [0.2, 0.25) is 0 Å². The Labute approximate surface area is 187 Å². The highest BCUT2D eigenvalue weighted by atomic mass is 79.9. The van der Waals surface area contributed by atoms with Crippen molar-refractivity contribution in [2.75, 3.05) is 10.6 Å². The molecule has 5 N–H and O–H groups in total. The van der Waals surface area contributed by atoms with Crippen molar-refractivity contribution >= 4 is 50.7 Å². The third kappa shape index (κ3) is 5.82. The lowest BCUT2D eigenvalue weighted by molar-refractivity contribution is 0.0972. The van der Waals surface area contributed by atoms with Crippen molar-refractivity contribution in [3.63, 3.8) is 0 Å². The standard InChI is InChI=1S/C15H12BrNO.C7H8ClN3O/c16-11-7-5-10(6-8-11)14-9-15(18)12-3-1-2-4-13(12)17-14;8-5-1-3-6(4-2-5)10-7(12)11-9/h1-8,14,17H,9H2;1-4H,9H2,(H2,10,11,12). The molecule has 0 saturated carbocycles. The number of urea groups is 1. The molecule has 1 aliphatic heterocycles. The maximum atomic E-state index is 12.1. The summed E-state index contributed by atoms with van der Waals surface area (Å²) in [6.45, 7) is 0. The molecule has 0 saturated heterocycles. The number of hydrazine groups is 1. The largest absolute Gasteiger partial charge is 0.377 e. The van der Waals surface area contributed by atoms with Gasteiger partial charge in [0.15, 0.2) is 5.78 Å². The van der Waals surface area contributed by atoms with Gasteiger partial charge in [0.25, 0.3) is 0 Å². The van der Waals surface area contributed by atoms with Crippen LogP contribution < -0.4 is 21.9 Å². The average Bonchev–Trinajstić information content (AvgIpc) is 2.76. The smallest absolute Gasteiger partial charge is 0.333 e. The van der Waals surface area contributed by atoms with Crippen LogP contribution in [0.4, 0.5) is 16.2 Å². The number of carbonyl (C=O) groups excluding carboxylic acids is 2. The molecule has 0 spiro atoms.